The molecule has 1 fully saturated rings. The van der Waals surface area contributed by atoms with Gasteiger partial charge in [0.15, 0.2) is 0 Å². The Morgan fingerprint density at radius 1 is 1.22 bits per heavy atom. The van der Waals surface area contributed by atoms with Crippen LogP contribution in [-0.4, -0.2) is 16.9 Å². The number of nitrogens with zero attached hydrogens (tertiary/aromatic N) is 1. The molecule has 0 aliphatic heterocycles. The molecule has 2 N–H and O–H groups in total. The van der Waals surface area contributed by atoms with Crippen molar-refractivity contribution in [3.05, 3.63) is 52.3 Å². The molecule has 1 aliphatic carbocycles. The van der Waals surface area contributed by atoms with Gasteiger partial charge in [-0.1, -0.05) is 28.8 Å². The highest BCUT2D eigenvalue weighted by Crippen LogP contribution is 2.23. The summed E-state index contributed by atoms with van der Waals surface area (Å²) in [7, 11) is 0. The second-order valence-electron chi connectivity index (χ2n) is 5.97. The number of carbonyl (C=O) groups is 1. The SMILES string of the molecule is Cc1cc(Br)ccc1NC(=O)c1ccc(NC2CCCC2)cn1. The van der Waals surface area contributed by atoms with Crippen molar-refractivity contribution in [2.75, 3.05) is 10.6 Å². The Labute approximate surface area is 144 Å². The van der Waals surface area contributed by atoms with Crippen molar-refractivity contribution in [3.63, 3.8) is 0 Å². The lowest BCUT2D eigenvalue weighted by Crippen LogP contribution is -2.16. The highest BCUT2D eigenvalue weighted by molar-refractivity contribution is 9.10. The first kappa shape index (κ1) is 16.0. The van der Waals surface area contributed by atoms with Crippen molar-refractivity contribution in [1.29, 1.82) is 0 Å². The highest BCUT2D eigenvalue weighted by Gasteiger charge is 2.15. The van der Waals surface area contributed by atoms with Gasteiger partial charge in [0.2, 0.25) is 0 Å². The average molecular weight is 374 g/mol. The van der Waals surface area contributed by atoms with Gasteiger partial charge in [0.05, 0.1) is 11.9 Å². The zero-order chi connectivity index (χ0) is 16.2. The van der Waals surface area contributed by atoms with Crippen molar-refractivity contribution in [2.45, 2.75) is 38.6 Å². The Morgan fingerprint density at radius 2 is 2.00 bits per heavy atom. The monoisotopic (exact) mass is 373 g/mol. The summed E-state index contributed by atoms with van der Waals surface area (Å²) >= 11 is 3.42. The van der Waals surface area contributed by atoms with Crippen molar-refractivity contribution >= 4 is 33.2 Å². The number of pyridine rings is 1. The quantitative estimate of drug-likeness (QED) is 0.811. The summed E-state index contributed by atoms with van der Waals surface area (Å²) in [5, 5.41) is 6.38. The Balaban J connectivity index is 1.65. The number of halogens is 1. The molecule has 0 radical (unpaired) electrons. The average Bonchev–Trinajstić information content (AvgIpc) is 3.04. The van der Waals surface area contributed by atoms with Crippen LogP contribution in [0.1, 0.15) is 41.7 Å². The maximum atomic E-state index is 12.3. The summed E-state index contributed by atoms with van der Waals surface area (Å²) in [6.07, 6.45) is 6.74. The van der Waals surface area contributed by atoms with Gasteiger partial charge in [0, 0.05) is 16.2 Å². The highest BCUT2D eigenvalue weighted by atomic mass is 79.9. The Hall–Kier alpha value is -1.88. The van der Waals surface area contributed by atoms with E-state index >= 15 is 0 Å². The first-order chi connectivity index (χ1) is 11.1. The van der Waals surface area contributed by atoms with Crippen LogP contribution < -0.4 is 10.6 Å². The minimum absolute atomic E-state index is 0.192. The molecule has 120 valence electrons. The molecule has 0 saturated heterocycles. The summed E-state index contributed by atoms with van der Waals surface area (Å²) in [4.78, 5) is 16.6. The number of hydrogen-bond acceptors (Lipinski definition) is 3. The van der Waals surface area contributed by atoms with Gasteiger partial charge in [-0.15, -0.1) is 0 Å². The molecule has 1 aromatic carbocycles. The second-order valence-corrected chi connectivity index (χ2v) is 6.89. The predicted octanol–water partition coefficient (Wildman–Crippen LogP) is 4.76. The van der Waals surface area contributed by atoms with Crippen LogP contribution in [0.25, 0.3) is 0 Å². The smallest absolute Gasteiger partial charge is 0.274 e. The van der Waals surface area contributed by atoms with E-state index in [4.69, 9.17) is 0 Å². The number of amides is 1. The van der Waals surface area contributed by atoms with Gasteiger partial charge in [-0.05, 0) is 55.7 Å². The standard InChI is InChI=1S/C18H20BrN3O/c1-12-10-13(19)6-8-16(12)22-18(23)17-9-7-15(11-20-17)21-14-4-2-3-5-14/h6-11,14,21H,2-5H2,1H3,(H,22,23). The molecule has 1 saturated carbocycles. The first-order valence-corrected chi connectivity index (χ1v) is 8.71. The van der Waals surface area contributed by atoms with Gasteiger partial charge in [-0.3, -0.25) is 4.79 Å². The summed E-state index contributed by atoms with van der Waals surface area (Å²) in [6.45, 7) is 1.96. The van der Waals surface area contributed by atoms with Crippen molar-refractivity contribution < 1.29 is 4.79 Å². The van der Waals surface area contributed by atoms with E-state index in [-0.39, 0.29) is 5.91 Å². The molecule has 3 rings (SSSR count). The molecule has 1 aromatic heterocycles. The van der Waals surface area contributed by atoms with E-state index in [1.165, 1.54) is 25.7 Å². The number of carbonyl (C=O) groups excluding carboxylic acids is 1. The zero-order valence-corrected chi connectivity index (χ0v) is 14.7. The van der Waals surface area contributed by atoms with Crippen LogP contribution in [0.3, 0.4) is 0 Å². The number of anilines is 2. The number of aromatic nitrogens is 1. The lowest BCUT2D eigenvalue weighted by molar-refractivity contribution is 0.102. The van der Waals surface area contributed by atoms with Gasteiger partial charge in [0.1, 0.15) is 5.69 Å². The largest absolute Gasteiger partial charge is 0.381 e. The minimum atomic E-state index is -0.192. The van der Waals surface area contributed by atoms with Crippen LogP contribution in [-0.2, 0) is 0 Å². The Kier molecular flexibility index (Phi) is 4.96. The van der Waals surface area contributed by atoms with E-state index in [1.807, 2.05) is 31.2 Å². The number of aryl methyl sites for hydroxylation is 1. The van der Waals surface area contributed by atoms with Crippen molar-refractivity contribution in [2.24, 2.45) is 0 Å². The number of hydrogen-bond donors (Lipinski definition) is 2. The van der Waals surface area contributed by atoms with Crippen LogP contribution in [0.5, 0.6) is 0 Å². The zero-order valence-electron chi connectivity index (χ0n) is 13.1. The number of nitrogens with one attached hydrogen (secondary N) is 2. The summed E-state index contributed by atoms with van der Waals surface area (Å²) in [5.41, 5.74) is 3.21. The van der Waals surface area contributed by atoms with Crippen LogP contribution in [0.4, 0.5) is 11.4 Å². The third-order valence-corrected chi connectivity index (χ3v) is 4.65. The van der Waals surface area contributed by atoms with Crippen LogP contribution in [0.15, 0.2) is 41.0 Å². The van der Waals surface area contributed by atoms with Gasteiger partial charge >= 0.3 is 0 Å². The summed E-state index contributed by atoms with van der Waals surface area (Å²) in [6, 6.07) is 9.99. The van der Waals surface area contributed by atoms with E-state index in [1.54, 1.807) is 12.3 Å². The number of rotatable bonds is 4. The molecule has 23 heavy (non-hydrogen) atoms. The Morgan fingerprint density at radius 3 is 2.65 bits per heavy atom. The fourth-order valence-electron chi connectivity index (χ4n) is 2.87. The molecule has 0 atom stereocenters. The molecule has 0 unspecified atom stereocenters. The topological polar surface area (TPSA) is 54.0 Å². The molecule has 0 spiro atoms. The molecule has 0 bridgehead atoms. The Bertz CT molecular complexity index is 694. The van der Waals surface area contributed by atoms with Gasteiger partial charge < -0.3 is 10.6 Å². The maximum Gasteiger partial charge on any atom is 0.274 e. The second kappa shape index (κ2) is 7.13. The molecular formula is C18H20BrN3O. The van der Waals surface area contributed by atoms with E-state index < -0.39 is 0 Å². The molecular weight excluding hydrogens is 354 g/mol. The van der Waals surface area contributed by atoms with Gasteiger partial charge in [0.25, 0.3) is 5.91 Å². The van der Waals surface area contributed by atoms with Gasteiger partial charge in [-0.25, -0.2) is 4.98 Å². The summed E-state index contributed by atoms with van der Waals surface area (Å²) in [5.74, 6) is -0.192. The van der Waals surface area contributed by atoms with Gasteiger partial charge in [-0.2, -0.15) is 0 Å². The first-order valence-electron chi connectivity index (χ1n) is 7.92. The number of benzene rings is 1. The molecule has 1 amide bonds. The lowest BCUT2D eigenvalue weighted by Gasteiger charge is -2.13. The normalized spacial score (nSPS) is 14.7. The third kappa shape index (κ3) is 4.10. The summed E-state index contributed by atoms with van der Waals surface area (Å²) < 4.78 is 0.994. The van der Waals surface area contributed by atoms with Crippen molar-refractivity contribution in [3.8, 4) is 0 Å². The molecule has 5 heteroatoms. The maximum absolute atomic E-state index is 12.3. The van der Waals surface area contributed by atoms with Crippen LogP contribution in [0, 0.1) is 6.92 Å². The predicted molar refractivity (Wildman–Crippen MR) is 96.9 cm³/mol. The molecule has 2 aromatic rings. The lowest BCUT2D eigenvalue weighted by atomic mass is 10.2. The van der Waals surface area contributed by atoms with Crippen molar-refractivity contribution in [1.82, 2.24) is 4.98 Å². The van der Waals surface area contributed by atoms with E-state index in [2.05, 4.69) is 31.5 Å². The van der Waals surface area contributed by atoms with Crippen LogP contribution in [0.2, 0.25) is 0 Å². The molecule has 1 aliphatic rings. The van der Waals surface area contributed by atoms with E-state index in [0.717, 1.165) is 21.4 Å². The fraction of sp³-hybridized carbons (Fsp3) is 0.333. The third-order valence-electron chi connectivity index (χ3n) is 4.16. The van der Waals surface area contributed by atoms with E-state index in [9.17, 15) is 4.79 Å². The fourth-order valence-corrected chi connectivity index (χ4v) is 3.35. The van der Waals surface area contributed by atoms with E-state index in [0.29, 0.717) is 11.7 Å². The minimum Gasteiger partial charge on any atom is -0.381 e. The molecule has 1 heterocycles. The molecule has 4 nitrogen and oxygen atoms in total. The van der Waals surface area contributed by atoms with Crippen LogP contribution >= 0.6 is 15.9 Å².